The van der Waals surface area contributed by atoms with Crippen molar-refractivity contribution in [1.29, 1.82) is 0 Å². The van der Waals surface area contributed by atoms with Gasteiger partial charge in [0, 0.05) is 0 Å². The van der Waals surface area contributed by atoms with Crippen LogP contribution >= 0.6 is 0 Å². The van der Waals surface area contributed by atoms with Crippen LogP contribution in [0.5, 0.6) is 0 Å². The van der Waals surface area contributed by atoms with Crippen LogP contribution in [0.15, 0.2) is 0 Å². The molecule has 0 heterocycles. The van der Waals surface area contributed by atoms with E-state index in [1.54, 1.807) is 0 Å². The SMILES string of the molecule is CC(C)C1CC(CF)C1. The topological polar surface area (TPSA) is 0 Å². The van der Waals surface area contributed by atoms with E-state index in [4.69, 9.17) is 0 Å². The molecule has 0 aromatic carbocycles. The smallest absolute Gasteiger partial charge is 0.0922 e. The maximum Gasteiger partial charge on any atom is 0.0922 e. The third kappa shape index (κ3) is 1.44. The van der Waals surface area contributed by atoms with E-state index >= 15 is 0 Å². The lowest BCUT2D eigenvalue weighted by atomic mass is 9.70. The maximum atomic E-state index is 11.9. The Morgan fingerprint density at radius 2 is 2.00 bits per heavy atom. The second kappa shape index (κ2) is 2.68. The molecule has 0 bridgehead atoms. The molecular weight excluding hydrogens is 115 g/mol. The molecule has 54 valence electrons. The first kappa shape index (κ1) is 7.04. The zero-order valence-electron chi connectivity index (χ0n) is 6.23. The molecule has 1 rings (SSSR count). The fourth-order valence-electron chi connectivity index (χ4n) is 1.46. The third-order valence-corrected chi connectivity index (χ3v) is 2.43. The second-order valence-corrected chi connectivity index (χ2v) is 3.50. The lowest BCUT2D eigenvalue weighted by Gasteiger charge is -2.36. The van der Waals surface area contributed by atoms with Gasteiger partial charge < -0.3 is 0 Å². The van der Waals surface area contributed by atoms with E-state index in [2.05, 4.69) is 13.8 Å². The highest BCUT2D eigenvalue weighted by atomic mass is 19.1. The molecule has 1 fully saturated rings. The average Bonchev–Trinajstić information content (AvgIpc) is 1.61. The Bertz CT molecular complexity index is 82.6. The number of alkyl halides is 1. The van der Waals surface area contributed by atoms with Gasteiger partial charge in [-0.25, -0.2) is 0 Å². The van der Waals surface area contributed by atoms with E-state index in [9.17, 15) is 4.39 Å². The lowest BCUT2D eigenvalue weighted by Crippen LogP contribution is -2.28. The molecular formula is C8H15F. The molecule has 0 radical (unpaired) electrons. The number of hydrogen-bond donors (Lipinski definition) is 0. The van der Waals surface area contributed by atoms with Crippen molar-refractivity contribution in [2.24, 2.45) is 17.8 Å². The molecule has 0 spiro atoms. The van der Waals surface area contributed by atoms with Gasteiger partial charge in [-0.3, -0.25) is 4.39 Å². The summed E-state index contributed by atoms with van der Waals surface area (Å²) in [6.07, 6.45) is 2.27. The van der Waals surface area contributed by atoms with Gasteiger partial charge in [-0.15, -0.1) is 0 Å². The van der Waals surface area contributed by atoms with E-state index < -0.39 is 0 Å². The van der Waals surface area contributed by atoms with Crippen LogP contribution < -0.4 is 0 Å². The summed E-state index contributed by atoms with van der Waals surface area (Å²) in [6, 6.07) is 0. The summed E-state index contributed by atoms with van der Waals surface area (Å²) in [4.78, 5) is 0. The molecule has 0 aromatic heterocycles. The van der Waals surface area contributed by atoms with E-state index in [1.807, 2.05) is 0 Å². The first-order valence-corrected chi connectivity index (χ1v) is 3.80. The monoisotopic (exact) mass is 130 g/mol. The molecule has 0 amide bonds. The van der Waals surface area contributed by atoms with Crippen molar-refractivity contribution in [3.8, 4) is 0 Å². The van der Waals surface area contributed by atoms with Crippen LogP contribution in [0.2, 0.25) is 0 Å². The van der Waals surface area contributed by atoms with Crippen LogP contribution in [0, 0.1) is 17.8 Å². The van der Waals surface area contributed by atoms with Crippen LogP contribution in [0.4, 0.5) is 4.39 Å². The van der Waals surface area contributed by atoms with Crippen molar-refractivity contribution in [1.82, 2.24) is 0 Å². The number of rotatable bonds is 2. The molecule has 0 aromatic rings. The molecule has 0 saturated heterocycles. The predicted molar refractivity (Wildman–Crippen MR) is 37.0 cm³/mol. The van der Waals surface area contributed by atoms with Gasteiger partial charge in [0.05, 0.1) is 6.67 Å². The van der Waals surface area contributed by atoms with Crippen LogP contribution in [0.1, 0.15) is 26.7 Å². The molecule has 0 nitrogen and oxygen atoms in total. The van der Waals surface area contributed by atoms with Crippen LogP contribution in [-0.4, -0.2) is 6.67 Å². The third-order valence-electron chi connectivity index (χ3n) is 2.43. The minimum atomic E-state index is -0.0940. The van der Waals surface area contributed by atoms with E-state index in [-0.39, 0.29) is 6.67 Å². The van der Waals surface area contributed by atoms with E-state index in [1.165, 1.54) is 0 Å². The molecule has 1 aliphatic rings. The van der Waals surface area contributed by atoms with Gasteiger partial charge >= 0.3 is 0 Å². The highest BCUT2D eigenvalue weighted by Crippen LogP contribution is 2.38. The lowest BCUT2D eigenvalue weighted by molar-refractivity contribution is 0.115. The van der Waals surface area contributed by atoms with Gasteiger partial charge in [-0.1, -0.05) is 13.8 Å². The molecule has 0 unspecified atom stereocenters. The van der Waals surface area contributed by atoms with Gasteiger partial charge in [-0.05, 0) is 30.6 Å². The summed E-state index contributed by atoms with van der Waals surface area (Å²) >= 11 is 0. The Labute approximate surface area is 56.5 Å². The largest absolute Gasteiger partial charge is 0.251 e. The molecule has 1 heteroatoms. The predicted octanol–water partition coefficient (Wildman–Crippen LogP) is 2.64. The van der Waals surface area contributed by atoms with Crippen molar-refractivity contribution >= 4 is 0 Å². The summed E-state index contributed by atoms with van der Waals surface area (Å²) in [5.41, 5.74) is 0. The quantitative estimate of drug-likeness (QED) is 0.539. The van der Waals surface area contributed by atoms with Crippen LogP contribution in [-0.2, 0) is 0 Å². The molecule has 0 N–H and O–H groups in total. The van der Waals surface area contributed by atoms with Crippen molar-refractivity contribution in [3.63, 3.8) is 0 Å². The Balaban J connectivity index is 2.12. The molecule has 0 aliphatic heterocycles. The van der Waals surface area contributed by atoms with Crippen LogP contribution in [0.3, 0.4) is 0 Å². The maximum absolute atomic E-state index is 11.9. The highest BCUT2D eigenvalue weighted by Gasteiger charge is 2.30. The first-order chi connectivity index (χ1) is 4.24. The summed E-state index contributed by atoms with van der Waals surface area (Å²) < 4.78 is 11.9. The minimum absolute atomic E-state index is 0.0940. The van der Waals surface area contributed by atoms with Gasteiger partial charge in [0.15, 0.2) is 0 Å². The van der Waals surface area contributed by atoms with Gasteiger partial charge in [0.2, 0.25) is 0 Å². The number of hydrogen-bond acceptors (Lipinski definition) is 0. The summed E-state index contributed by atoms with van der Waals surface area (Å²) in [7, 11) is 0. The zero-order valence-corrected chi connectivity index (χ0v) is 6.23. The minimum Gasteiger partial charge on any atom is -0.251 e. The van der Waals surface area contributed by atoms with Gasteiger partial charge in [0.25, 0.3) is 0 Å². The van der Waals surface area contributed by atoms with E-state index in [0.29, 0.717) is 5.92 Å². The fourth-order valence-corrected chi connectivity index (χ4v) is 1.46. The summed E-state index contributed by atoms with van der Waals surface area (Å²) in [5.74, 6) is 2.01. The van der Waals surface area contributed by atoms with E-state index in [0.717, 1.165) is 24.7 Å². The standard InChI is InChI=1S/C8H15F/c1-6(2)8-3-7(4-8)5-9/h6-8H,3-5H2,1-2H3. The van der Waals surface area contributed by atoms with Crippen molar-refractivity contribution in [2.45, 2.75) is 26.7 Å². The Kier molecular flexibility index (Phi) is 2.09. The highest BCUT2D eigenvalue weighted by molar-refractivity contribution is 4.80. The molecule has 0 atom stereocenters. The number of halogens is 1. The Morgan fingerprint density at radius 1 is 1.44 bits per heavy atom. The average molecular weight is 130 g/mol. The van der Waals surface area contributed by atoms with Crippen molar-refractivity contribution < 1.29 is 4.39 Å². The van der Waals surface area contributed by atoms with Gasteiger partial charge in [-0.2, -0.15) is 0 Å². The second-order valence-electron chi connectivity index (χ2n) is 3.50. The molecule has 9 heavy (non-hydrogen) atoms. The summed E-state index contributed by atoms with van der Waals surface area (Å²) in [6.45, 7) is 4.35. The molecule has 1 aliphatic carbocycles. The first-order valence-electron chi connectivity index (χ1n) is 3.80. The van der Waals surface area contributed by atoms with Crippen molar-refractivity contribution in [3.05, 3.63) is 0 Å². The summed E-state index contributed by atoms with van der Waals surface area (Å²) in [5, 5.41) is 0. The normalized spacial score (nSPS) is 34.7. The van der Waals surface area contributed by atoms with Crippen molar-refractivity contribution in [2.75, 3.05) is 6.67 Å². The molecule has 1 saturated carbocycles. The van der Waals surface area contributed by atoms with Crippen LogP contribution in [0.25, 0.3) is 0 Å². The van der Waals surface area contributed by atoms with Gasteiger partial charge in [0.1, 0.15) is 0 Å². The Morgan fingerprint density at radius 3 is 2.33 bits per heavy atom. The zero-order chi connectivity index (χ0) is 6.85. The Hall–Kier alpha value is -0.0700. The fraction of sp³-hybridized carbons (Fsp3) is 1.00.